The van der Waals surface area contributed by atoms with Crippen LogP contribution in [0.3, 0.4) is 0 Å². The summed E-state index contributed by atoms with van der Waals surface area (Å²) < 4.78 is 47.4. The van der Waals surface area contributed by atoms with E-state index in [0.717, 1.165) is 4.90 Å². The predicted octanol–water partition coefficient (Wildman–Crippen LogP) is 4.58. The van der Waals surface area contributed by atoms with E-state index in [1.165, 1.54) is 43.4 Å². The minimum Gasteiger partial charge on any atom is -0.421 e. The lowest BCUT2D eigenvalue weighted by atomic mass is 9.96. The Labute approximate surface area is 152 Å². The number of esters is 1. The normalized spacial score (nSPS) is 20.0. The number of anilines is 1. The minimum absolute atomic E-state index is 0. The number of hydrogen-bond acceptors (Lipinski definition) is 3. The third-order valence-electron chi connectivity index (χ3n) is 3.80. The van der Waals surface area contributed by atoms with E-state index in [1.807, 2.05) is 0 Å². The Balaban J connectivity index is 0.00000208. The second-order valence-corrected chi connectivity index (χ2v) is 6.03. The molecule has 2 aromatic rings. The number of benzene rings is 2. The zero-order valence-electron chi connectivity index (χ0n) is 12.4. The van der Waals surface area contributed by atoms with Crippen LogP contribution in [0.4, 0.5) is 18.9 Å². The van der Waals surface area contributed by atoms with E-state index in [4.69, 9.17) is 4.74 Å². The summed E-state index contributed by atoms with van der Waals surface area (Å²) >= 11 is 3.20. The van der Waals surface area contributed by atoms with Gasteiger partial charge in [0.2, 0.25) is 0 Å². The number of hydrogen-bond donors (Lipinski definition) is 0. The van der Waals surface area contributed by atoms with Gasteiger partial charge in [0.25, 0.3) is 0 Å². The van der Waals surface area contributed by atoms with Gasteiger partial charge in [0.1, 0.15) is 0 Å². The lowest BCUT2D eigenvalue weighted by Crippen LogP contribution is -2.60. The standard InChI is InChI=1S/C16H11BrF3NO2.H2S/c1-21-13-8-7-11(17)9-12(13)14(22)23-15(21,16(18,19)20)10-5-3-2-4-6-10;/h2-9H,1H3;1H2/t15-;/m0./s1. The van der Waals surface area contributed by atoms with Gasteiger partial charge in [0.15, 0.2) is 0 Å². The highest BCUT2D eigenvalue weighted by Crippen LogP contribution is 2.50. The number of alkyl halides is 3. The molecule has 0 fully saturated rings. The molecule has 1 heterocycles. The maximum Gasteiger partial charge on any atom is 0.453 e. The van der Waals surface area contributed by atoms with Crippen LogP contribution in [0.5, 0.6) is 0 Å². The van der Waals surface area contributed by atoms with Gasteiger partial charge in [0, 0.05) is 17.1 Å². The monoisotopic (exact) mass is 419 g/mol. The fourth-order valence-electron chi connectivity index (χ4n) is 2.72. The molecule has 0 saturated heterocycles. The summed E-state index contributed by atoms with van der Waals surface area (Å²) in [5, 5.41) is 0. The lowest BCUT2D eigenvalue weighted by molar-refractivity contribution is -0.265. The summed E-state index contributed by atoms with van der Waals surface area (Å²) in [5.41, 5.74) is -2.77. The molecule has 0 amide bonds. The van der Waals surface area contributed by atoms with E-state index in [2.05, 4.69) is 15.9 Å². The molecule has 1 aliphatic rings. The quantitative estimate of drug-likeness (QED) is 0.633. The van der Waals surface area contributed by atoms with Crippen molar-refractivity contribution in [2.45, 2.75) is 11.9 Å². The predicted molar refractivity (Wildman–Crippen MR) is 92.5 cm³/mol. The van der Waals surface area contributed by atoms with E-state index < -0.39 is 17.9 Å². The fourth-order valence-corrected chi connectivity index (χ4v) is 3.08. The van der Waals surface area contributed by atoms with Crippen LogP contribution in [-0.4, -0.2) is 19.2 Å². The highest BCUT2D eigenvalue weighted by molar-refractivity contribution is 9.10. The Morgan fingerprint density at radius 1 is 1.12 bits per heavy atom. The molecule has 3 nitrogen and oxygen atoms in total. The molecule has 0 N–H and O–H groups in total. The Morgan fingerprint density at radius 2 is 1.75 bits per heavy atom. The molecule has 8 heteroatoms. The van der Waals surface area contributed by atoms with Crippen LogP contribution in [0, 0.1) is 0 Å². The van der Waals surface area contributed by atoms with Crippen LogP contribution < -0.4 is 4.90 Å². The number of rotatable bonds is 1. The molecule has 128 valence electrons. The zero-order valence-corrected chi connectivity index (χ0v) is 15.0. The van der Waals surface area contributed by atoms with Crippen molar-refractivity contribution in [1.82, 2.24) is 0 Å². The number of halogens is 4. The first-order valence-corrected chi connectivity index (χ1v) is 7.45. The van der Waals surface area contributed by atoms with E-state index in [-0.39, 0.29) is 30.3 Å². The molecule has 1 aliphatic heterocycles. The Kier molecular flexibility index (Phi) is 4.92. The number of carbonyl (C=O) groups excluding carboxylic acids is 1. The number of carbonyl (C=O) groups is 1. The number of nitrogens with zero attached hydrogens (tertiary/aromatic N) is 1. The van der Waals surface area contributed by atoms with Crippen LogP contribution in [-0.2, 0) is 10.5 Å². The minimum atomic E-state index is -4.82. The van der Waals surface area contributed by atoms with Gasteiger partial charge in [0.05, 0.1) is 11.3 Å². The van der Waals surface area contributed by atoms with Gasteiger partial charge in [-0.15, -0.1) is 0 Å². The van der Waals surface area contributed by atoms with Crippen molar-refractivity contribution in [3.05, 3.63) is 64.1 Å². The summed E-state index contributed by atoms with van der Waals surface area (Å²) in [6.45, 7) is 0. The Bertz CT molecular complexity index is 770. The molecule has 2 aromatic carbocycles. The highest BCUT2D eigenvalue weighted by atomic mass is 79.9. The summed E-state index contributed by atoms with van der Waals surface area (Å²) in [6.07, 6.45) is -4.82. The van der Waals surface area contributed by atoms with Crippen LogP contribution >= 0.6 is 29.4 Å². The van der Waals surface area contributed by atoms with Gasteiger partial charge in [-0.25, -0.2) is 4.79 Å². The second kappa shape index (κ2) is 6.33. The smallest absolute Gasteiger partial charge is 0.421 e. The number of cyclic esters (lactones) is 1. The van der Waals surface area contributed by atoms with Crippen molar-refractivity contribution in [3.8, 4) is 0 Å². The molecular weight excluding hydrogens is 407 g/mol. The maximum atomic E-state index is 14.0. The number of ether oxygens (including phenoxy) is 1. The summed E-state index contributed by atoms with van der Waals surface area (Å²) in [4.78, 5) is 13.2. The molecule has 0 bridgehead atoms. The summed E-state index contributed by atoms with van der Waals surface area (Å²) in [7, 11) is 1.26. The van der Waals surface area contributed by atoms with Gasteiger partial charge in [-0.3, -0.25) is 0 Å². The highest BCUT2D eigenvalue weighted by Gasteiger charge is 2.65. The lowest BCUT2D eigenvalue weighted by Gasteiger charge is -2.46. The topological polar surface area (TPSA) is 29.5 Å². The maximum absolute atomic E-state index is 14.0. The molecule has 1 atom stereocenters. The van der Waals surface area contributed by atoms with E-state index in [9.17, 15) is 18.0 Å². The summed E-state index contributed by atoms with van der Waals surface area (Å²) in [5.74, 6) is -1.01. The Hall–Kier alpha value is -1.67. The van der Waals surface area contributed by atoms with Crippen LogP contribution in [0.25, 0.3) is 0 Å². The average Bonchev–Trinajstić information content (AvgIpc) is 2.50. The van der Waals surface area contributed by atoms with Crippen LogP contribution in [0.2, 0.25) is 0 Å². The van der Waals surface area contributed by atoms with Gasteiger partial charge in [-0.1, -0.05) is 46.3 Å². The van der Waals surface area contributed by atoms with E-state index in [1.54, 1.807) is 12.1 Å². The van der Waals surface area contributed by atoms with Crippen molar-refractivity contribution in [2.75, 3.05) is 11.9 Å². The van der Waals surface area contributed by atoms with E-state index >= 15 is 0 Å². The molecule has 0 aliphatic carbocycles. The van der Waals surface area contributed by atoms with Crippen molar-refractivity contribution in [3.63, 3.8) is 0 Å². The van der Waals surface area contributed by atoms with Crippen molar-refractivity contribution in [1.29, 1.82) is 0 Å². The van der Waals surface area contributed by atoms with Gasteiger partial charge >= 0.3 is 17.9 Å². The molecule has 0 unspecified atom stereocenters. The first kappa shape index (κ1) is 18.7. The van der Waals surface area contributed by atoms with Gasteiger partial charge in [-0.2, -0.15) is 26.7 Å². The largest absolute Gasteiger partial charge is 0.453 e. The first-order chi connectivity index (χ1) is 10.8. The number of fused-ring (bicyclic) bond motifs is 1. The first-order valence-electron chi connectivity index (χ1n) is 6.66. The second-order valence-electron chi connectivity index (χ2n) is 5.12. The molecule has 24 heavy (non-hydrogen) atoms. The fraction of sp³-hybridized carbons (Fsp3) is 0.188. The molecule has 3 rings (SSSR count). The van der Waals surface area contributed by atoms with Crippen molar-refractivity contribution in [2.24, 2.45) is 0 Å². The van der Waals surface area contributed by atoms with E-state index in [0.29, 0.717) is 4.47 Å². The van der Waals surface area contributed by atoms with Gasteiger partial charge in [-0.05, 0) is 18.2 Å². The SMILES string of the molecule is CN1c2ccc(Br)cc2C(=O)O[C@@]1(c1ccccc1)C(F)(F)F.S. The summed E-state index contributed by atoms with van der Waals surface area (Å²) in [6, 6.07) is 11.6. The molecule has 0 aromatic heterocycles. The van der Waals surface area contributed by atoms with Crippen LogP contribution in [0.15, 0.2) is 53.0 Å². The molecule has 0 saturated carbocycles. The van der Waals surface area contributed by atoms with Crippen LogP contribution in [0.1, 0.15) is 15.9 Å². The molecular formula is C16H13BrF3NO2S. The average molecular weight is 420 g/mol. The Morgan fingerprint density at radius 3 is 2.33 bits per heavy atom. The van der Waals surface area contributed by atoms with Crippen molar-refractivity contribution < 1.29 is 22.7 Å². The molecule has 0 radical (unpaired) electrons. The van der Waals surface area contributed by atoms with Gasteiger partial charge < -0.3 is 9.64 Å². The zero-order chi connectivity index (χ0) is 16.8. The molecule has 0 spiro atoms. The third-order valence-corrected chi connectivity index (χ3v) is 4.30. The van der Waals surface area contributed by atoms with Crippen molar-refractivity contribution >= 4 is 41.1 Å². The third kappa shape index (κ3) is 2.67.